The molecule has 5 N–H and O–H groups in total. The van der Waals surface area contributed by atoms with Crippen molar-refractivity contribution in [2.24, 2.45) is 0 Å². The van der Waals surface area contributed by atoms with Crippen LogP contribution in [0.25, 0.3) is 10.8 Å². The number of ketones is 1. The molecule has 1 aliphatic heterocycles. The SMILES string of the molecule is CC(=O)c1c(C)cc2cccc(O)c2c1O[C@H]1O[C@H](CO)[C@@H](O)[C@H](O)[C@H]1O. The third kappa shape index (κ3) is 3.38. The predicted octanol–water partition coefficient (Wildman–Crippen LogP) is 0.235. The van der Waals surface area contributed by atoms with E-state index in [4.69, 9.17) is 9.47 Å². The molecule has 0 spiro atoms. The average Bonchev–Trinajstić information content (AvgIpc) is 2.61. The van der Waals surface area contributed by atoms with Crippen molar-refractivity contribution < 1.29 is 39.8 Å². The molecule has 0 radical (unpaired) electrons. The summed E-state index contributed by atoms with van der Waals surface area (Å²) in [5.74, 6) is -0.452. The van der Waals surface area contributed by atoms with Crippen LogP contribution in [0.1, 0.15) is 22.8 Å². The Morgan fingerprint density at radius 3 is 2.52 bits per heavy atom. The highest BCUT2D eigenvalue weighted by Crippen LogP contribution is 2.40. The highest BCUT2D eigenvalue weighted by molar-refractivity contribution is 6.07. The zero-order valence-corrected chi connectivity index (χ0v) is 14.9. The third-order valence-electron chi connectivity index (χ3n) is 4.73. The lowest BCUT2D eigenvalue weighted by Gasteiger charge is -2.39. The van der Waals surface area contributed by atoms with Gasteiger partial charge in [-0.25, -0.2) is 0 Å². The highest BCUT2D eigenvalue weighted by atomic mass is 16.7. The maximum atomic E-state index is 12.2. The van der Waals surface area contributed by atoms with Crippen molar-refractivity contribution in [2.75, 3.05) is 6.61 Å². The van der Waals surface area contributed by atoms with Gasteiger partial charge in [-0.1, -0.05) is 18.2 Å². The lowest BCUT2D eigenvalue weighted by molar-refractivity contribution is -0.277. The maximum absolute atomic E-state index is 12.2. The van der Waals surface area contributed by atoms with Crippen molar-refractivity contribution in [3.8, 4) is 11.5 Å². The van der Waals surface area contributed by atoms with Gasteiger partial charge < -0.3 is 35.0 Å². The first kappa shape index (κ1) is 19.5. The number of aromatic hydroxyl groups is 1. The van der Waals surface area contributed by atoms with E-state index in [1.807, 2.05) is 0 Å². The van der Waals surface area contributed by atoms with Gasteiger partial charge in [0.1, 0.15) is 35.9 Å². The quantitative estimate of drug-likeness (QED) is 0.477. The van der Waals surface area contributed by atoms with Gasteiger partial charge in [0.05, 0.1) is 17.6 Å². The number of phenolic OH excluding ortho intramolecular Hbond substituents is 1. The normalized spacial score (nSPS) is 28.3. The van der Waals surface area contributed by atoms with Crippen molar-refractivity contribution in [3.63, 3.8) is 0 Å². The lowest BCUT2D eigenvalue weighted by atomic mass is 9.96. The topological polar surface area (TPSA) is 137 Å². The molecule has 8 heteroatoms. The number of phenols is 1. The fourth-order valence-electron chi connectivity index (χ4n) is 3.37. The van der Waals surface area contributed by atoms with Crippen LogP contribution in [0.4, 0.5) is 0 Å². The Bertz CT molecular complexity index is 862. The van der Waals surface area contributed by atoms with Crippen LogP contribution in [0.2, 0.25) is 0 Å². The van der Waals surface area contributed by atoms with Crippen molar-refractivity contribution in [3.05, 3.63) is 35.4 Å². The van der Waals surface area contributed by atoms with Gasteiger partial charge in [0.2, 0.25) is 6.29 Å². The molecule has 2 aromatic carbocycles. The summed E-state index contributed by atoms with van der Waals surface area (Å²) in [6.45, 7) is 2.44. The fraction of sp³-hybridized carbons (Fsp3) is 0.421. The minimum atomic E-state index is -1.64. The van der Waals surface area contributed by atoms with E-state index < -0.39 is 37.3 Å². The number of rotatable bonds is 4. The number of benzene rings is 2. The highest BCUT2D eigenvalue weighted by Gasteiger charge is 2.45. The number of fused-ring (bicyclic) bond motifs is 1. The van der Waals surface area contributed by atoms with Gasteiger partial charge in [-0.2, -0.15) is 0 Å². The standard InChI is InChI=1S/C19H22O8/c1-8-6-10-4-3-5-11(22)14(10)18(13(8)9(2)21)27-19-17(25)16(24)15(23)12(7-20)26-19/h3-6,12,15-17,19-20,22-25H,7H2,1-2H3/t12-,15-,16+,17-,19-/m1/s1. The third-order valence-corrected chi connectivity index (χ3v) is 4.73. The van der Waals surface area contributed by atoms with Crippen molar-refractivity contribution >= 4 is 16.6 Å². The monoisotopic (exact) mass is 378 g/mol. The van der Waals surface area contributed by atoms with Crippen LogP contribution >= 0.6 is 0 Å². The van der Waals surface area contributed by atoms with Crippen LogP contribution in [0.15, 0.2) is 24.3 Å². The molecule has 8 nitrogen and oxygen atoms in total. The molecule has 0 unspecified atom stereocenters. The first-order valence-electron chi connectivity index (χ1n) is 8.49. The Morgan fingerprint density at radius 2 is 1.89 bits per heavy atom. The van der Waals surface area contributed by atoms with Gasteiger partial charge in [-0.05, 0) is 30.9 Å². The molecule has 1 saturated heterocycles. The first-order chi connectivity index (χ1) is 12.8. The molecule has 2 aromatic rings. The molecule has 1 heterocycles. The summed E-state index contributed by atoms with van der Waals surface area (Å²) in [7, 11) is 0. The molecule has 27 heavy (non-hydrogen) atoms. The molecule has 0 aromatic heterocycles. The van der Waals surface area contributed by atoms with E-state index in [2.05, 4.69) is 0 Å². The van der Waals surface area contributed by atoms with Crippen LogP contribution < -0.4 is 4.74 Å². The molecular weight excluding hydrogens is 356 g/mol. The summed E-state index contributed by atoms with van der Waals surface area (Å²) in [5, 5.41) is 50.6. The van der Waals surface area contributed by atoms with Crippen molar-refractivity contribution in [1.82, 2.24) is 0 Å². The van der Waals surface area contributed by atoms with Gasteiger partial charge in [-0.3, -0.25) is 4.79 Å². The van der Waals surface area contributed by atoms with E-state index in [1.165, 1.54) is 13.0 Å². The van der Waals surface area contributed by atoms with Crippen LogP contribution in [-0.4, -0.2) is 68.6 Å². The summed E-state index contributed by atoms with van der Waals surface area (Å²) in [6.07, 6.45) is -7.41. The zero-order valence-electron chi connectivity index (χ0n) is 14.9. The van der Waals surface area contributed by atoms with E-state index in [0.29, 0.717) is 10.9 Å². The zero-order chi connectivity index (χ0) is 19.9. The predicted molar refractivity (Wildman–Crippen MR) is 94.7 cm³/mol. The number of Topliss-reactive ketones (excluding diaryl/α,β-unsaturated/α-hetero) is 1. The smallest absolute Gasteiger partial charge is 0.229 e. The Hall–Kier alpha value is -2.23. The molecule has 146 valence electrons. The molecule has 1 fully saturated rings. The number of ether oxygens (including phenoxy) is 2. The summed E-state index contributed by atoms with van der Waals surface area (Å²) in [4.78, 5) is 12.2. The number of aliphatic hydroxyl groups is 4. The van der Waals surface area contributed by atoms with E-state index in [0.717, 1.165) is 0 Å². The summed E-state index contributed by atoms with van der Waals surface area (Å²) >= 11 is 0. The Balaban J connectivity index is 2.13. The Morgan fingerprint density at radius 1 is 1.19 bits per heavy atom. The number of hydrogen-bond donors (Lipinski definition) is 5. The molecular formula is C19H22O8. The van der Waals surface area contributed by atoms with Crippen LogP contribution in [0.5, 0.6) is 11.5 Å². The summed E-state index contributed by atoms with van der Waals surface area (Å²) in [6, 6.07) is 6.53. The van der Waals surface area contributed by atoms with Crippen molar-refractivity contribution in [1.29, 1.82) is 0 Å². The van der Waals surface area contributed by atoms with Crippen LogP contribution in [-0.2, 0) is 4.74 Å². The molecule has 1 aliphatic rings. The van der Waals surface area contributed by atoms with Crippen LogP contribution in [0.3, 0.4) is 0 Å². The molecule has 0 amide bonds. The van der Waals surface area contributed by atoms with Gasteiger partial charge in [0.15, 0.2) is 5.78 Å². The number of carbonyl (C=O) groups is 1. The largest absolute Gasteiger partial charge is 0.507 e. The maximum Gasteiger partial charge on any atom is 0.229 e. The average molecular weight is 378 g/mol. The number of hydrogen-bond acceptors (Lipinski definition) is 8. The Labute approximate surface area is 155 Å². The first-order valence-corrected chi connectivity index (χ1v) is 8.49. The second-order valence-electron chi connectivity index (χ2n) is 6.64. The fourth-order valence-corrected chi connectivity index (χ4v) is 3.37. The number of aliphatic hydroxyl groups excluding tert-OH is 4. The minimum Gasteiger partial charge on any atom is -0.507 e. The number of aryl methyl sites for hydroxylation is 1. The minimum absolute atomic E-state index is 0.0000652. The van der Waals surface area contributed by atoms with E-state index in [1.54, 1.807) is 25.1 Å². The van der Waals surface area contributed by atoms with Gasteiger partial charge in [0, 0.05) is 0 Å². The lowest BCUT2D eigenvalue weighted by Crippen LogP contribution is -2.60. The van der Waals surface area contributed by atoms with E-state index in [9.17, 15) is 30.3 Å². The molecule has 3 rings (SSSR count). The second-order valence-corrected chi connectivity index (χ2v) is 6.64. The summed E-state index contributed by atoms with van der Waals surface area (Å²) < 4.78 is 11.1. The molecule has 0 bridgehead atoms. The molecule has 5 atom stereocenters. The molecule has 0 saturated carbocycles. The van der Waals surface area contributed by atoms with Gasteiger partial charge in [-0.15, -0.1) is 0 Å². The van der Waals surface area contributed by atoms with Gasteiger partial charge >= 0.3 is 0 Å². The van der Waals surface area contributed by atoms with E-state index in [-0.39, 0.29) is 28.2 Å². The van der Waals surface area contributed by atoms with E-state index >= 15 is 0 Å². The summed E-state index contributed by atoms with van der Waals surface area (Å²) in [5.41, 5.74) is 0.793. The Kier molecular flexibility index (Phi) is 5.36. The van der Waals surface area contributed by atoms with Gasteiger partial charge in [0.25, 0.3) is 0 Å². The number of carbonyl (C=O) groups excluding carboxylic acids is 1. The molecule has 0 aliphatic carbocycles. The van der Waals surface area contributed by atoms with Crippen LogP contribution in [0, 0.1) is 6.92 Å². The van der Waals surface area contributed by atoms with Crippen molar-refractivity contribution in [2.45, 2.75) is 44.6 Å². The second kappa shape index (κ2) is 7.41.